The molecular formula is C14H24BrFN2. The molecule has 104 valence electrons. The van der Waals surface area contributed by atoms with E-state index in [1.807, 2.05) is 0 Å². The SMILES string of the molecule is CCCCCCCCCC[n+]1cccnc1F.[Br-]. The van der Waals surface area contributed by atoms with Gasteiger partial charge in [0.25, 0.3) is 0 Å². The first kappa shape index (κ1) is 17.5. The van der Waals surface area contributed by atoms with Gasteiger partial charge < -0.3 is 17.0 Å². The molecule has 0 N–H and O–H groups in total. The summed E-state index contributed by atoms with van der Waals surface area (Å²) in [7, 11) is 0. The monoisotopic (exact) mass is 318 g/mol. The minimum absolute atomic E-state index is 0. The van der Waals surface area contributed by atoms with E-state index in [2.05, 4.69) is 11.9 Å². The maximum Gasteiger partial charge on any atom is 0.487 e. The van der Waals surface area contributed by atoms with Crippen molar-refractivity contribution in [3.63, 3.8) is 0 Å². The van der Waals surface area contributed by atoms with Crippen LogP contribution in [0.5, 0.6) is 0 Å². The first-order chi connectivity index (χ1) is 8.34. The van der Waals surface area contributed by atoms with Crippen molar-refractivity contribution in [2.45, 2.75) is 64.8 Å². The number of nitrogens with zero attached hydrogens (tertiary/aromatic N) is 2. The predicted molar refractivity (Wildman–Crippen MR) is 67.0 cm³/mol. The lowest BCUT2D eigenvalue weighted by Crippen LogP contribution is -3.00. The molecular weight excluding hydrogens is 295 g/mol. The Morgan fingerprint density at radius 2 is 1.67 bits per heavy atom. The van der Waals surface area contributed by atoms with Crippen LogP contribution >= 0.6 is 0 Å². The second-order valence-electron chi connectivity index (χ2n) is 4.56. The number of halogens is 2. The molecule has 1 heterocycles. The third kappa shape index (κ3) is 7.75. The molecule has 1 rings (SSSR count). The number of hydrogen-bond donors (Lipinski definition) is 0. The van der Waals surface area contributed by atoms with E-state index in [0.29, 0.717) is 0 Å². The Morgan fingerprint density at radius 1 is 1.06 bits per heavy atom. The van der Waals surface area contributed by atoms with E-state index in [1.54, 1.807) is 16.8 Å². The maximum absolute atomic E-state index is 13.2. The highest BCUT2D eigenvalue weighted by molar-refractivity contribution is 4.70. The highest BCUT2D eigenvalue weighted by Crippen LogP contribution is 2.08. The molecule has 0 saturated carbocycles. The molecule has 0 spiro atoms. The summed E-state index contributed by atoms with van der Waals surface area (Å²) in [5.41, 5.74) is 0. The van der Waals surface area contributed by atoms with Crippen LogP contribution in [-0.2, 0) is 6.54 Å². The molecule has 0 aromatic carbocycles. The van der Waals surface area contributed by atoms with Gasteiger partial charge in [0.05, 0.1) is 12.7 Å². The summed E-state index contributed by atoms with van der Waals surface area (Å²) in [4.78, 5) is 3.62. The summed E-state index contributed by atoms with van der Waals surface area (Å²) in [6.07, 6.45) is 13.1. The van der Waals surface area contributed by atoms with Gasteiger partial charge in [-0.15, -0.1) is 4.39 Å². The third-order valence-corrected chi connectivity index (χ3v) is 3.02. The minimum atomic E-state index is -0.379. The zero-order valence-corrected chi connectivity index (χ0v) is 12.8. The molecule has 2 nitrogen and oxygen atoms in total. The molecule has 1 aromatic rings. The Labute approximate surface area is 120 Å². The highest BCUT2D eigenvalue weighted by Gasteiger charge is 2.07. The molecule has 0 atom stereocenters. The number of hydrogen-bond acceptors (Lipinski definition) is 1. The topological polar surface area (TPSA) is 16.8 Å². The van der Waals surface area contributed by atoms with Gasteiger partial charge in [0.1, 0.15) is 6.20 Å². The van der Waals surface area contributed by atoms with Crippen molar-refractivity contribution in [3.05, 3.63) is 24.5 Å². The van der Waals surface area contributed by atoms with Crippen molar-refractivity contribution in [3.8, 4) is 0 Å². The Bertz CT molecular complexity index is 308. The van der Waals surface area contributed by atoms with Crippen LogP contribution < -0.4 is 21.5 Å². The van der Waals surface area contributed by atoms with Gasteiger partial charge in [0, 0.05) is 6.07 Å². The van der Waals surface area contributed by atoms with Crippen molar-refractivity contribution in [2.24, 2.45) is 0 Å². The van der Waals surface area contributed by atoms with E-state index >= 15 is 0 Å². The van der Waals surface area contributed by atoms with E-state index < -0.39 is 0 Å². The predicted octanol–water partition coefficient (Wildman–Crippen LogP) is 0.653. The largest absolute Gasteiger partial charge is 1.00 e. The van der Waals surface area contributed by atoms with Crippen LogP contribution in [0.3, 0.4) is 0 Å². The molecule has 0 radical (unpaired) electrons. The zero-order chi connectivity index (χ0) is 12.3. The fourth-order valence-corrected chi connectivity index (χ4v) is 1.97. The van der Waals surface area contributed by atoms with E-state index in [-0.39, 0.29) is 23.1 Å². The van der Waals surface area contributed by atoms with Crippen LogP contribution in [0.4, 0.5) is 4.39 Å². The quantitative estimate of drug-likeness (QED) is 0.371. The average Bonchev–Trinajstić information content (AvgIpc) is 2.35. The molecule has 0 unspecified atom stereocenters. The minimum Gasteiger partial charge on any atom is -1.00 e. The fraction of sp³-hybridized carbons (Fsp3) is 0.714. The van der Waals surface area contributed by atoms with Gasteiger partial charge in [-0.25, -0.2) is 4.57 Å². The summed E-state index contributed by atoms with van der Waals surface area (Å²) < 4.78 is 14.7. The van der Waals surface area contributed by atoms with Crippen molar-refractivity contribution in [1.82, 2.24) is 4.98 Å². The van der Waals surface area contributed by atoms with Crippen LogP contribution in [0.2, 0.25) is 0 Å². The van der Waals surface area contributed by atoms with Gasteiger partial charge in [-0.2, -0.15) is 0 Å². The molecule has 0 bridgehead atoms. The zero-order valence-electron chi connectivity index (χ0n) is 11.2. The van der Waals surface area contributed by atoms with Gasteiger partial charge in [0.2, 0.25) is 0 Å². The van der Waals surface area contributed by atoms with Crippen molar-refractivity contribution >= 4 is 0 Å². The average molecular weight is 319 g/mol. The van der Waals surface area contributed by atoms with Crippen LogP contribution in [0.25, 0.3) is 0 Å². The number of aromatic nitrogens is 2. The molecule has 1 aromatic heterocycles. The first-order valence-corrected chi connectivity index (χ1v) is 6.84. The molecule has 0 fully saturated rings. The van der Waals surface area contributed by atoms with Crippen molar-refractivity contribution < 1.29 is 25.9 Å². The Kier molecular flexibility index (Phi) is 11.2. The fourth-order valence-electron chi connectivity index (χ4n) is 1.97. The second-order valence-corrected chi connectivity index (χ2v) is 4.56. The number of aryl methyl sites for hydroxylation is 1. The summed E-state index contributed by atoms with van der Waals surface area (Å²) in [6.45, 7) is 2.98. The van der Waals surface area contributed by atoms with Crippen LogP contribution in [0.1, 0.15) is 58.3 Å². The van der Waals surface area contributed by atoms with Gasteiger partial charge in [0.15, 0.2) is 0 Å². The van der Waals surface area contributed by atoms with Crippen molar-refractivity contribution in [1.29, 1.82) is 0 Å². The third-order valence-electron chi connectivity index (χ3n) is 3.02. The lowest BCUT2D eigenvalue weighted by Gasteiger charge is -2.01. The molecule has 0 aliphatic carbocycles. The molecule has 4 heteroatoms. The highest BCUT2D eigenvalue weighted by atomic mass is 79.9. The normalized spacial score (nSPS) is 10.1. The standard InChI is InChI=1S/C14H24FN2.BrH/c1-2-3-4-5-6-7-8-9-12-17-13-10-11-16-14(17)15;/h10-11,13H,2-9,12H2,1H3;1H/q+1;/p-1. The number of rotatable bonds is 9. The van der Waals surface area contributed by atoms with Gasteiger partial charge in [-0.1, -0.05) is 45.4 Å². The lowest BCUT2D eigenvalue weighted by atomic mass is 10.1. The summed E-state index contributed by atoms with van der Waals surface area (Å²) >= 11 is 0. The van der Waals surface area contributed by atoms with Crippen LogP contribution in [-0.4, -0.2) is 4.98 Å². The second kappa shape index (κ2) is 11.6. The smallest absolute Gasteiger partial charge is 0.487 e. The van der Waals surface area contributed by atoms with E-state index in [1.165, 1.54) is 51.1 Å². The first-order valence-electron chi connectivity index (χ1n) is 6.84. The van der Waals surface area contributed by atoms with Crippen molar-refractivity contribution in [2.75, 3.05) is 0 Å². The Morgan fingerprint density at radius 3 is 2.28 bits per heavy atom. The van der Waals surface area contributed by atoms with E-state index in [9.17, 15) is 4.39 Å². The van der Waals surface area contributed by atoms with Crippen LogP contribution in [0.15, 0.2) is 18.5 Å². The summed E-state index contributed by atoms with van der Waals surface area (Å²) in [5.74, 6) is 0. The number of unbranched alkanes of at least 4 members (excludes halogenated alkanes) is 7. The Balaban J connectivity index is 0.00000289. The van der Waals surface area contributed by atoms with E-state index in [4.69, 9.17) is 0 Å². The Hall–Kier alpha value is -0.510. The lowest BCUT2D eigenvalue weighted by molar-refractivity contribution is -0.728. The van der Waals surface area contributed by atoms with Gasteiger partial charge in [-0.05, 0) is 17.8 Å². The molecule has 0 saturated heterocycles. The van der Waals surface area contributed by atoms with E-state index in [0.717, 1.165) is 13.0 Å². The molecule has 0 amide bonds. The van der Waals surface area contributed by atoms with Crippen LogP contribution in [0, 0.1) is 6.08 Å². The maximum atomic E-state index is 13.2. The molecule has 0 aliphatic rings. The molecule has 0 aliphatic heterocycles. The summed E-state index contributed by atoms with van der Waals surface area (Å²) in [6, 6.07) is 1.77. The van der Waals surface area contributed by atoms with Gasteiger partial charge >= 0.3 is 6.08 Å². The van der Waals surface area contributed by atoms with Gasteiger partial charge in [-0.3, -0.25) is 0 Å². The summed E-state index contributed by atoms with van der Waals surface area (Å²) in [5, 5.41) is 0. The molecule has 18 heavy (non-hydrogen) atoms.